The first-order valence-corrected chi connectivity index (χ1v) is 5.60. The molecular weight excluding hydrogens is 292 g/mol. The molecule has 6 heteroatoms. The van der Waals surface area contributed by atoms with Gasteiger partial charge in [-0.3, -0.25) is 4.98 Å². The van der Waals surface area contributed by atoms with Gasteiger partial charge in [0.05, 0.1) is 10.7 Å². The van der Waals surface area contributed by atoms with Gasteiger partial charge in [-0.1, -0.05) is 0 Å². The molecule has 1 N–H and O–H groups in total. The number of rotatable bonds is 3. The summed E-state index contributed by atoms with van der Waals surface area (Å²) in [6.45, 7) is 0.332. The van der Waals surface area contributed by atoms with Crippen molar-refractivity contribution < 1.29 is 8.78 Å². The van der Waals surface area contributed by atoms with E-state index in [1.807, 2.05) is 0 Å². The van der Waals surface area contributed by atoms with Gasteiger partial charge in [0.15, 0.2) is 0 Å². The van der Waals surface area contributed by atoms with Crippen LogP contribution in [0.4, 0.5) is 14.6 Å². The van der Waals surface area contributed by atoms with Gasteiger partial charge in [0, 0.05) is 12.7 Å². The third kappa shape index (κ3) is 3.20. The molecule has 0 aliphatic rings. The van der Waals surface area contributed by atoms with Crippen molar-refractivity contribution >= 4 is 21.7 Å². The average molecular weight is 300 g/mol. The predicted molar refractivity (Wildman–Crippen MR) is 63.4 cm³/mol. The Hall–Kier alpha value is -1.56. The van der Waals surface area contributed by atoms with Crippen molar-refractivity contribution in [3.05, 3.63) is 52.4 Å². The summed E-state index contributed by atoms with van der Waals surface area (Å²) in [6.07, 6.45) is 2.66. The zero-order chi connectivity index (χ0) is 12.3. The van der Waals surface area contributed by atoms with Crippen LogP contribution in [0.25, 0.3) is 0 Å². The summed E-state index contributed by atoms with van der Waals surface area (Å²) < 4.78 is 26.2. The molecule has 2 aromatic heterocycles. The molecule has 0 amide bonds. The molecule has 0 aliphatic carbocycles. The third-order valence-corrected chi connectivity index (χ3v) is 2.63. The first kappa shape index (κ1) is 11.9. The molecule has 0 atom stereocenters. The van der Waals surface area contributed by atoms with Crippen LogP contribution in [-0.4, -0.2) is 9.97 Å². The van der Waals surface area contributed by atoms with Crippen LogP contribution in [-0.2, 0) is 6.54 Å². The van der Waals surface area contributed by atoms with E-state index in [0.29, 0.717) is 22.4 Å². The van der Waals surface area contributed by atoms with Gasteiger partial charge in [-0.2, -0.15) is 4.39 Å². The summed E-state index contributed by atoms with van der Waals surface area (Å²) in [5, 5.41) is 2.88. The van der Waals surface area contributed by atoms with Crippen molar-refractivity contribution in [2.45, 2.75) is 6.54 Å². The normalized spacial score (nSPS) is 10.3. The fourth-order valence-corrected chi connectivity index (χ4v) is 1.48. The second-order valence-corrected chi connectivity index (χ2v) is 4.19. The lowest BCUT2D eigenvalue weighted by molar-refractivity contribution is 0.578. The molecular formula is C11H8BrF2N3. The number of pyridine rings is 2. The maximum atomic E-state index is 13.1. The molecule has 0 spiro atoms. The van der Waals surface area contributed by atoms with E-state index < -0.39 is 11.8 Å². The van der Waals surface area contributed by atoms with Crippen LogP contribution in [0.3, 0.4) is 0 Å². The Morgan fingerprint density at radius 2 is 2.06 bits per heavy atom. The first-order chi connectivity index (χ1) is 8.15. The minimum absolute atomic E-state index is 0.301. The molecule has 2 heterocycles. The Morgan fingerprint density at radius 3 is 2.76 bits per heavy atom. The summed E-state index contributed by atoms with van der Waals surface area (Å²) >= 11 is 3.01. The molecule has 0 radical (unpaired) electrons. The van der Waals surface area contributed by atoms with E-state index in [1.165, 1.54) is 12.3 Å². The van der Waals surface area contributed by atoms with Crippen molar-refractivity contribution in [1.82, 2.24) is 9.97 Å². The van der Waals surface area contributed by atoms with Crippen LogP contribution in [0.1, 0.15) is 5.56 Å². The molecule has 0 fully saturated rings. The number of anilines is 1. The molecule has 0 aromatic carbocycles. The molecule has 2 rings (SSSR count). The Balaban J connectivity index is 2.05. The minimum atomic E-state index is -0.590. The standard InChI is InChI=1S/C11H8BrF2N3/c12-9-1-2-10(17-11(9)14)16-5-7-3-8(13)6-15-4-7/h1-4,6H,5H2,(H,16,17). The number of nitrogens with zero attached hydrogens (tertiary/aromatic N) is 2. The van der Waals surface area contributed by atoms with Crippen LogP contribution >= 0.6 is 15.9 Å². The van der Waals surface area contributed by atoms with E-state index in [1.54, 1.807) is 12.1 Å². The lowest BCUT2D eigenvalue weighted by Crippen LogP contribution is -2.03. The fourth-order valence-electron chi connectivity index (χ4n) is 1.26. The Labute approximate surface area is 105 Å². The van der Waals surface area contributed by atoms with Gasteiger partial charge < -0.3 is 5.32 Å². The van der Waals surface area contributed by atoms with Gasteiger partial charge in [0.25, 0.3) is 0 Å². The minimum Gasteiger partial charge on any atom is -0.366 e. The lowest BCUT2D eigenvalue weighted by Gasteiger charge is -2.05. The number of hydrogen-bond acceptors (Lipinski definition) is 3. The van der Waals surface area contributed by atoms with Crippen LogP contribution in [0, 0.1) is 11.8 Å². The third-order valence-electron chi connectivity index (χ3n) is 2.04. The topological polar surface area (TPSA) is 37.8 Å². The van der Waals surface area contributed by atoms with E-state index >= 15 is 0 Å². The molecule has 0 saturated carbocycles. The summed E-state index contributed by atoms with van der Waals surface area (Å²) in [5.74, 6) is -0.610. The first-order valence-electron chi connectivity index (χ1n) is 4.80. The van der Waals surface area contributed by atoms with E-state index in [4.69, 9.17) is 0 Å². The Kier molecular flexibility index (Phi) is 3.63. The van der Waals surface area contributed by atoms with E-state index in [9.17, 15) is 8.78 Å². The Morgan fingerprint density at radius 1 is 1.24 bits per heavy atom. The number of aromatic nitrogens is 2. The second kappa shape index (κ2) is 5.18. The quantitative estimate of drug-likeness (QED) is 0.885. The number of halogens is 3. The van der Waals surface area contributed by atoms with Crippen molar-refractivity contribution in [3.63, 3.8) is 0 Å². The Bertz CT molecular complexity index is 534. The van der Waals surface area contributed by atoms with Gasteiger partial charge in [-0.25, -0.2) is 9.37 Å². The zero-order valence-electron chi connectivity index (χ0n) is 8.62. The van der Waals surface area contributed by atoms with Crippen molar-refractivity contribution in [1.29, 1.82) is 0 Å². The summed E-state index contributed by atoms with van der Waals surface area (Å²) in [4.78, 5) is 7.38. The number of hydrogen-bond donors (Lipinski definition) is 1. The highest BCUT2D eigenvalue weighted by molar-refractivity contribution is 9.10. The van der Waals surface area contributed by atoms with E-state index in [-0.39, 0.29) is 0 Å². The molecule has 0 aliphatic heterocycles. The van der Waals surface area contributed by atoms with Crippen LogP contribution < -0.4 is 5.32 Å². The second-order valence-electron chi connectivity index (χ2n) is 3.33. The lowest BCUT2D eigenvalue weighted by atomic mass is 10.3. The highest BCUT2D eigenvalue weighted by Gasteiger charge is 2.02. The molecule has 0 unspecified atom stereocenters. The van der Waals surface area contributed by atoms with Crippen LogP contribution in [0.5, 0.6) is 0 Å². The van der Waals surface area contributed by atoms with Gasteiger partial charge >= 0.3 is 0 Å². The molecule has 2 aromatic rings. The van der Waals surface area contributed by atoms with Gasteiger partial charge in [-0.05, 0) is 39.7 Å². The maximum absolute atomic E-state index is 13.1. The van der Waals surface area contributed by atoms with Crippen LogP contribution in [0.15, 0.2) is 35.1 Å². The van der Waals surface area contributed by atoms with E-state index in [2.05, 4.69) is 31.2 Å². The van der Waals surface area contributed by atoms with Crippen LogP contribution in [0.2, 0.25) is 0 Å². The van der Waals surface area contributed by atoms with Gasteiger partial charge in [-0.15, -0.1) is 0 Å². The van der Waals surface area contributed by atoms with Crippen molar-refractivity contribution in [2.75, 3.05) is 5.32 Å². The summed E-state index contributed by atoms with van der Waals surface area (Å²) in [5.41, 5.74) is 0.662. The highest BCUT2D eigenvalue weighted by atomic mass is 79.9. The van der Waals surface area contributed by atoms with Gasteiger partial charge in [0.2, 0.25) is 5.95 Å². The average Bonchev–Trinajstić information content (AvgIpc) is 2.31. The molecule has 0 saturated heterocycles. The summed E-state index contributed by atoms with van der Waals surface area (Å²) in [7, 11) is 0. The molecule has 17 heavy (non-hydrogen) atoms. The SMILES string of the molecule is Fc1cncc(CNc2ccc(Br)c(F)n2)c1. The van der Waals surface area contributed by atoms with Crippen molar-refractivity contribution in [3.8, 4) is 0 Å². The predicted octanol–water partition coefficient (Wildman–Crippen LogP) is 3.13. The van der Waals surface area contributed by atoms with Gasteiger partial charge in [0.1, 0.15) is 11.6 Å². The molecule has 0 bridgehead atoms. The fraction of sp³-hybridized carbons (Fsp3) is 0.0909. The summed E-state index contributed by atoms with van der Waals surface area (Å²) in [6, 6.07) is 4.53. The zero-order valence-corrected chi connectivity index (χ0v) is 10.2. The maximum Gasteiger partial charge on any atom is 0.229 e. The smallest absolute Gasteiger partial charge is 0.229 e. The molecule has 3 nitrogen and oxygen atoms in total. The monoisotopic (exact) mass is 299 g/mol. The largest absolute Gasteiger partial charge is 0.366 e. The highest BCUT2D eigenvalue weighted by Crippen LogP contribution is 2.16. The number of nitrogens with one attached hydrogen (secondary N) is 1. The molecule has 88 valence electrons. The van der Waals surface area contributed by atoms with E-state index in [0.717, 1.165) is 6.20 Å². The van der Waals surface area contributed by atoms with Crippen molar-refractivity contribution in [2.24, 2.45) is 0 Å².